The second-order valence-corrected chi connectivity index (χ2v) is 12.9. The fourth-order valence-electron chi connectivity index (χ4n) is 4.59. The Bertz CT molecular complexity index is 1450. The van der Waals surface area contributed by atoms with Crippen molar-refractivity contribution in [3.05, 3.63) is 47.5 Å². The molecule has 0 aliphatic carbocycles. The summed E-state index contributed by atoms with van der Waals surface area (Å²) in [5, 5.41) is 2.53. The maximum atomic E-state index is 12.4. The second kappa shape index (κ2) is 28.0. The standard InChI is InChI=1S/C22H33NO9.C17H25NO7/c1-22(2,3)32-21(25)23-6-7-31-20(24)17-4-5-18-19(16-17)30-15-13-28-11-9-26-8-10-27-12-14-29-18;18-3-4-25-17(19)14-1-2-15-16(13-14)24-12-10-22-8-6-20-5-7-21-9-11-23-15/h4-5,16H,6-15H2,1-3H3,(H,23,25);1-2,13H,3-12,18H2. The first-order valence-electron chi connectivity index (χ1n) is 18.9. The van der Waals surface area contributed by atoms with Gasteiger partial charge in [0.25, 0.3) is 0 Å². The van der Waals surface area contributed by atoms with Gasteiger partial charge in [-0.2, -0.15) is 0 Å². The Hall–Kier alpha value is -4.43. The molecule has 4 rings (SSSR count). The molecule has 2 aromatic rings. The highest BCUT2D eigenvalue weighted by atomic mass is 16.6. The number of carbonyl (C=O) groups excluding carboxylic acids is 3. The van der Waals surface area contributed by atoms with E-state index in [9.17, 15) is 14.4 Å². The summed E-state index contributed by atoms with van der Waals surface area (Å²) >= 11 is 0. The van der Waals surface area contributed by atoms with E-state index in [2.05, 4.69) is 5.32 Å². The smallest absolute Gasteiger partial charge is 0.407 e. The molecular formula is C39H58N2O16. The summed E-state index contributed by atoms with van der Waals surface area (Å²) in [6, 6.07) is 9.69. The maximum Gasteiger partial charge on any atom is 0.407 e. The normalized spacial score (nSPS) is 16.6. The molecule has 1 amide bonds. The molecule has 3 N–H and O–H groups in total. The van der Waals surface area contributed by atoms with Gasteiger partial charge in [0.2, 0.25) is 0 Å². The molecule has 57 heavy (non-hydrogen) atoms. The molecule has 0 saturated carbocycles. The van der Waals surface area contributed by atoms with E-state index in [-0.39, 0.29) is 32.9 Å². The van der Waals surface area contributed by atoms with Gasteiger partial charge in [0, 0.05) is 6.54 Å². The van der Waals surface area contributed by atoms with Crippen molar-refractivity contribution in [3.8, 4) is 23.0 Å². The zero-order chi connectivity index (χ0) is 41.0. The van der Waals surface area contributed by atoms with Gasteiger partial charge < -0.3 is 72.6 Å². The number of ether oxygens (including phenoxy) is 13. The van der Waals surface area contributed by atoms with Crippen molar-refractivity contribution in [2.24, 2.45) is 5.73 Å². The third kappa shape index (κ3) is 21.1. The first-order chi connectivity index (χ1) is 27.7. The Labute approximate surface area is 333 Å². The van der Waals surface area contributed by atoms with Crippen LogP contribution in [-0.4, -0.2) is 156 Å². The number of nitrogens with one attached hydrogen (secondary N) is 1. The summed E-state index contributed by atoms with van der Waals surface area (Å²) in [6.45, 7) is 12.7. The largest absolute Gasteiger partial charge is 0.487 e. The molecule has 0 unspecified atom stereocenters. The van der Waals surface area contributed by atoms with Crippen LogP contribution >= 0.6 is 0 Å². The molecule has 18 nitrogen and oxygen atoms in total. The van der Waals surface area contributed by atoms with Gasteiger partial charge in [0.15, 0.2) is 23.0 Å². The van der Waals surface area contributed by atoms with Crippen LogP contribution < -0.4 is 30.0 Å². The molecule has 0 atom stereocenters. The number of hydrogen-bond acceptors (Lipinski definition) is 17. The van der Waals surface area contributed by atoms with Gasteiger partial charge in [0.1, 0.15) is 45.2 Å². The number of benzene rings is 2. The number of amides is 1. The number of alkyl carbamates (subject to hydrolysis) is 1. The number of nitrogens with two attached hydrogens (primary N) is 1. The van der Waals surface area contributed by atoms with Gasteiger partial charge in [0.05, 0.1) is 97.0 Å². The average Bonchev–Trinajstić information content (AvgIpc) is 3.20. The van der Waals surface area contributed by atoms with Crippen LogP contribution in [0.15, 0.2) is 36.4 Å². The Morgan fingerprint density at radius 3 is 1.26 bits per heavy atom. The highest BCUT2D eigenvalue weighted by molar-refractivity contribution is 5.90. The number of carbonyl (C=O) groups is 3. The van der Waals surface area contributed by atoms with Crippen LogP contribution in [0.3, 0.4) is 0 Å². The molecule has 0 fully saturated rings. The predicted molar refractivity (Wildman–Crippen MR) is 204 cm³/mol. The molecule has 0 saturated heterocycles. The maximum absolute atomic E-state index is 12.4. The molecule has 0 aromatic heterocycles. The lowest BCUT2D eigenvalue weighted by atomic mass is 10.2. The summed E-state index contributed by atoms with van der Waals surface area (Å²) < 4.78 is 70.7. The van der Waals surface area contributed by atoms with Gasteiger partial charge in [-0.05, 0) is 57.2 Å². The summed E-state index contributed by atoms with van der Waals surface area (Å²) in [5.74, 6) is 0.880. The lowest BCUT2D eigenvalue weighted by molar-refractivity contribution is 0.00708. The molecule has 320 valence electrons. The Morgan fingerprint density at radius 1 is 0.544 bits per heavy atom. The first-order valence-corrected chi connectivity index (χ1v) is 18.9. The zero-order valence-electron chi connectivity index (χ0n) is 33.2. The van der Waals surface area contributed by atoms with Crippen LogP contribution in [0.1, 0.15) is 41.5 Å². The number of hydrogen-bond donors (Lipinski definition) is 2. The minimum absolute atomic E-state index is 0.000230. The highest BCUT2D eigenvalue weighted by Crippen LogP contribution is 2.30. The summed E-state index contributed by atoms with van der Waals surface area (Å²) in [4.78, 5) is 36.0. The minimum atomic E-state index is -0.595. The molecule has 2 aromatic carbocycles. The Balaban J connectivity index is 0.000000315. The Morgan fingerprint density at radius 2 is 0.895 bits per heavy atom. The van der Waals surface area contributed by atoms with Crippen LogP contribution in [-0.2, 0) is 42.6 Å². The quantitative estimate of drug-likeness (QED) is 0.234. The summed E-state index contributed by atoms with van der Waals surface area (Å²) in [5.41, 5.74) is 5.42. The fraction of sp³-hybridized carbons (Fsp3) is 0.615. The van der Waals surface area contributed by atoms with Crippen LogP contribution in [0.25, 0.3) is 0 Å². The van der Waals surface area contributed by atoms with Crippen LogP contribution in [0.2, 0.25) is 0 Å². The van der Waals surface area contributed by atoms with E-state index in [0.717, 1.165) is 0 Å². The minimum Gasteiger partial charge on any atom is -0.487 e. The number of esters is 2. The molecular weight excluding hydrogens is 752 g/mol. The van der Waals surface area contributed by atoms with E-state index in [1.54, 1.807) is 57.2 Å². The van der Waals surface area contributed by atoms with Crippen molar-refractivity contribution >= 4 is 18.0 Å². The fourth-order valence-corrected chi connectivity index (χ4v) is 4.59. The van der Waals surface area contributed by atoms with E-state index >= 15 is 0 Å². The van der Waals surface area contributed by atoms with Gasteiger partial charge in [-0.3, -0.25) is 0 Å². The highest BCUT2D eigenvalue weighted by Gasteiger charge is 2.17. The van der Waals surface area contributed by atoms with Gasteiger partial charge in [-0.1, -0.05) is 0 Å². The SMILES string of the molecule is CC(C)(C)OC(=O)NCCOC(=O)c1ccc2c(c1)OCCOCCOCCOCCO2.NCCOC(=O)c1ccc2c(c1)OCCOCCOCCOCCO2. The van der Waals surface area contributed by atoms with Crippen molar-refractivity contribution in [1.29, 1.82) is 0 Å². The molecule has 2 aliphatic rings. The Kier molecular flexibility index (Phi) is 23.1. The van der Waals surface area contributed by atoms with Crippen molar-refractivity contribution in [3.63, 3.8) is 0 Å². The van der Waals surface area contributed by atoms with Crippen LogP contribution in [0, 0.1) is 0 Å². The van der Waals surface area contributed by atoms with Crippen molar-refractivity contribution in [2.45, 2.75) is 26.4 Å². The monoisotopic (exact) mass is 810 g/mol. The van der Waals surface area contributed by atoms with E-state index in [1.165, 1.54) is 0 Å². The third-order valence-electron chi connectivity index (χ3n) is 7.14. The topological polar surface area (TPSA) is 209 Å². The van der Waals surface area contributed by atoms with Crippen LogP contribution in [0.5, 0.6) is 23.0 Å². The van der Waals surface area contributed by atoms with Crippen LogP contribution in [0.4, 0.5) is 4.79 Å². The summed E-state index contributed by atoms with van der Waals surface area (Å²) in [6.07, 6.45) is -0.570. The van der Waals surface area contributed by atoms with E-state index in [4.69, 9.17) is 67.3 Å². The average molecular weight is 811 g/mol. The molecule has 0 radical (unpaired) electrons. The van der Waals surface area contributed by atoms with Gasteiger partial charge in [-0.25, -0.2) is 14.4 Å². The molecule has 2 aliphatic heterocycles. The zero-order valence-corrected chi connectivity index (χ0v) is 33.2. The lowest BCUT2D eigenvalue weighted by Gasteiger charge is -2.19. The first kappa shape index (κ1) is 46.9. The second-order valence-electron chi connectivity index (χ2n) is 12.9. The number of rotatable bonds is 7. The molecule has 18 heteroatoms. The van der Waals surface area contributed by atoms with E-state index in [0.29, 0.717) is 133 Å². The van der Waals surface area contributed by atoms with E-state index in [1.807, 2.05) is 0 Å². The molecule has 0 spiro atoms. The van der Waals surface area contributed by atoms with Crippen molar-refractivity contribution in [1.82, 2.24) is 5.32 Å². The third-order valence-corrected chi connectivity index (χ3v) is 7.14. The molecule has 2 heterocycles. The van der Waals surface area contributed by atoms with Gasteiger partial charge >= 0.3 is 18.0 Å². The predicted octanol–water partition coefficient (Wildman–Crippen LogP) is 2.81. The lowest BCUT2D eigenvalue weighted by Crippen LogP contribution is -2.34. The molecule has 0 bridgehead atoms. The van der Waals surface area contributed by atoms with Crippen molar-refractivity contribution in [2.75, 3.05) is 132 Å². The summed E-state index contributed by atoms with van der Waals surface area (Å²) in [7, 11) is 0. The van der Waals surface area contributed by atoms with Crippen molar-refractivity contribution < 1.29 is 76.0 Å². The van der Waals surface area contributed by atoms with E-state index < -0.39 is 23.6 Å². The number of fused-ring (bicyclic) bond motifs is 2. The van der Waals surface area contributed by atoms with Gasteiger partial charge in [-0.15, -0.1) is 0 Å².